The van der Waals surface area contributed by atoms with Crippen LogP contribution in [0.2, 0.25) is 5.02 Å². The van der Waals surface area contributed by atoms with Crippen LogP contribution in [0.15, 0.2) is 18.2 Å². The summed E-state index contributed by atoms with van der Waals surface area (Å²) in [4.78, 5) is 16.9. The van der Waals surface area contributed by atoms with Crippen molar-refractivity contribution in [3.63, 3.8) is 0 Å². The van der Waals surface area contributed by atoms with E-state index in [9.17, 15) is 4.79 Å². The van der Waals surface area contributed by atoms with Gasteiger partial charge in [-0.1, -0.05) is 17.7 Å². The summed E-state index contributed by atoms with van der Waals surface area (Å²) >= 11 is 12.4. The third-order valence-electron chi connectivity index (χ3n) is 3.74. The van der Waals surface area contributed by atoms with Crippen molar-refractivity contribution < 1.29 is 4.79 Å². The van der Waals surface area contributed by atoms with Crippen LogP contribution < -0.4 is 5.32 Å². The first-order valence-electron chi connectivity index (χ1n) is 7.10. The van der Waals surface area contributed by atoms with E-state index in [4.69, 9.17) is 23.2 Å². The third kappa shape index (κ3) is 2.74. The average Bonchev–Trinajstić information content (AvgIpc) is 3.15. The quantitative estimate of drug-likeness (QED) is 0.868. The second-order valence-electron chi connectivity index (χ2n) is 5.52. The molecule has 1 heterocycles. The van der Waals surface area contributed by atoms with Gasteiger partial charge in [-0.2, -0.15) is 0 Å². The summed E-state index contributed by atoms with van der Waals surface area (Å²) in [7, 11) is 0. The van der Waals surface area contributed by atoms with Gasteiger partial charge in [0.05, 0.1) is 15.9 Å². The number of alkyl halides is 1. The van der Waals surface area contributed by atoms with Gasteiger partial charge in [-0.05, 0) is 38.8 Å². The number of amides is 1. The summed E-state index contributed by atoms with van der Waals surface area (Å²) in [5, 5.41) is 3.29. The highest BCUT2D eigenvalue weighted by Crippen LogP contribution is 2.32. The zero-order valence-corrected chi connectivity index (χ0v) is 13.4. The van der Waals surface area contributed by atoms with Crippen LogP contribution in [0.5, 0.6) is 0 Å². The van der Waals surface area contributed by atoms with Crippen LogP contribution in [0.25, 0.3) is 11.0 Å². The molecule has 0 aliphatic heterocycles. The molecule has 1 aliphatic carbocycles. The number of carbonyl (C=O) groups excluding carboxylic acids is 1. The van der Waals surface area contributed by atoms with E-state index in [2.05, 4.69) is 10.3 Å². The number of hydrogen-bond donors (Lipinski definition) is 1. The molecular weight excluding hydrogens is 309 g/mol. The molecular formula is C15H17Cl2N3O. The van der Waals surface area contributed by atoms with E-state index in [1.165, 1.54) is 0 Å². The summed E-state index contributed by atoms with van der Waals surface area (Å²) in [6.07, 6.45) is 2.13. The van der Waals surface area contributed by atoms with Crippen molar-refractivity contribution in [1.29, 1.82) is 0 Å². The molecule has 2 atom stereocenters. The maximum absolute atomic E-state index is 12.4. The highest BCUT2D eigenvalue weighted by molar-refractivity contribution is 6.35. The van der Waals surface area contributed by atoms with E-state index in [1.807, 2.05) is 30.5 Å². The Labute approximate surface area is 133 Å². The number of hydrogen-bond acceptors (Lipinski definition) is 2. The van der Waals surface area contributed by atoms with Crippen LogP contribution in [0.3, 0.4) is 0 Å². The predicted octanol–water partition coefficient (Wildman–Crippen LogP) is 3.83. The topological polar surface area (TPSA) is 46.9 Å². The number of carbonyl (C=O) groups is 1. The lowest BCUT2D eigenvalue weighted by molar-refractivity contribution is -0.124. The average molecular weight is 326 g/mol. The minimum absolute atomic E-state index is 0.00431. The minimum Gasteiger partial charge on any atom is -0.352 e. The first-order chi connectivity index (χ1) is 9.99. The van der Waals surface area contributed by atoms with E-state index >= 15 is 0 Å². The molecule has 1 aromatic carbocycles. The van der Waals surface area contributed by atoms with Gasteiger partial charge < -0.3 is 9.88 Å². The number of benzene rings is 1. The molecule has 21 heavy (non-hydrogen) atoms. The van der Waals surface area contributed by atoms with Crippen molar-refractivity contribution in [1.82, 2.24) is 14.9 Å². The first kappa shape index (κ1) is 14.7. The fourth-order valence-electron chi connectivity index (χ4n) is 2.46. The van der Waals surface area contributed by atoms with Crippen molar-refractivity contribution in [3.8, 4) is 0 Å². The van der Waals surface area contributed by atoms with E-state index in [-0.39, 0.29) is 17.3 Å². The zero-order chi connectivity index (χ0) is 15.1. The highest BCUT2D eigenvalue weighted by Gasteiger charge is 2.29. The predicted molar refractivity (Wildman–Crippen MR) is 84.9 cm³/mol. The van der Waals surface area contributed by atoms with E-state index in [0.717, 1.165) is 18.4 Å². The summed E-state index contributed by atoms with van der Waals surface area (Å²) in [5.74, 6) is 0.661. The van der Waals surface area contributed by atoms with Crippen molar-refractivity contribution >= 4 is 40.1 Å². The van der Waals surface area contributed by atoms with Crippen molar-refractivity contribution in [2.45, 2.75) is 44.1 Å². The number of para-hydroxylation sites is 1. The molecule has 1 aromatic heterocycles. The van der Waals surface area contributed by atoms with E-state index in [0.29, 0.717) is 22.4 Å². The lowest BCUT2D eigenvalue weighted by atomic mass is 10.2. The third-order valence-corrected chi connectivity index (χ3v) is 4.24. The fourth-order valence-corrected chi connectivity index (χ4v) is 2.82. The molecule has 1 aliphatic rings. The number of imidazole rings is 1. The van der Waals surface area contributed by atoms with Gasteiger partial charge in [-0.15, -0.1) is 11.6 Å². The van der Waals surface area contributed by atoms with Crippen LogP contribution in [-0.4, -0.2) is 21.5 Å². The van der Waals surface area contributed by atoms with Crippen LogP contribution in [0.1, 0.15) is 43.9 Å². The summed E-state index contributed by atoms with van der Waals surface area (Å²) in [6.45, 7) is 3.71. The smallest absolute Gasteiger partial charge is 0.243 e. The maximum Gasteiger partial charge on any atom is 0.243 e. The molecule has 2 unspecified atom stereocenters. The number of fused-ring (bicyclic) bond motifs is 1. The molecule has 4 nitrogen and oxygen atoms in total. The van der Waals surface area contributed by atoms with Gasteiger partial charge in [0.2, 0.25) is 5.91 Å². The largest absolute Gasteiger partial charge is 0.352 e. The van der Waals surface area contributed by atoms with Crippen molar-refractivity contribution in [2.75, 3.05) is 0 Å². The fraction of sp³-hybridized carbons (Fsp3) is 0.467. The number of rotatable bonds is 4. The van der Waals surface area contributed by atoms with Gasteiger partial charge in [0.1, 0.15) is 17.4 Å². The summed E-state index contributed by atoms with van der Waals surface area (Å²) in [5.41, 5.74) is 1.52. The summed E-state index contributed by atoms with van der Waals surface area (Å²) in [6, 6.07) is 5.52. The van der Waals surface area contributed by atoms with Crippen LogP contribution in [-0.2, 0) is 4.79 Å². The van der Waals surface area contributed by atoms with Gasteiger partial charge in [-0.25, -0.2) is 4.98 Å². The molecule has 1 amide bonds. The molecule has 3 rings (SSSR count). The molecule has 112 valence electrons. The second kappa shape index (κ2) is 5.50. The molecule has 1 N–H and O–H groups in total. The van der Waals surface area contributed by atoms with E-state index < -0.39 is 0 Å². The van der Waals surface area contributed by atoms with Crippen LogP contribution in [0, 0.1) is 0 Å². The standard InChI is InChI=1S/C15H17Cl2N3O/c1-8(16)14-19-13-11(17)4-3-5-12(13)20(14)9(2)15(21)18-10-6-7-10/h3-5,8-10H,6-7H2,1-2H3,(H,18,21). The minimum atomic E-state index is -0.370. The Bertz CT molecular complexity index is 692. The van der Waals surface area contributed by atoms with Crippen LogP contribution in [0.4, 0.5) is 0 Å². The molecule has 0 radical (unpaired) electrons. The number of nitrogens with zero attached hydrogens (tertiary/aromatic N) is 2. The van der Waals surface area contributed by atoms with Crippen molar-refractivity contribution in [3.05, 3.63) is 29.0 Å². The van der Waals surface area contributed by atoms with Gasteiger partial charge in [0, 0.05) is 6.04 Å². The lowest BCUT2D eigenvalue weighted by Crippen LogP contribution is -2.33. The van der Waals surface area contributed by atoms with Gasteiger partial charge in [-0.3, -0.25) is 4.79 Å². The molecule has 6 heteroatoms. The Morgan fingerprint density at radius 3 is 2.76 bits per heavy atom. The Morgan fingerprint density at radius 1 is 1.43 bits per heavy atom. The number of aromatic nitrogens is 2. The van der Waals surface area contributed by atoms with Crippen molar-refractivity contribution in [2.24, 2.45) is 0 Å². The number of nitrogens with one attached hydrogen (secondary N) is 1. The van der Waals surface area contributed by atoms with Gasteiger partial charge in [0.15, 0.2) is 0 Å². The van der Waals surface area contributed by atoms with E-state index in [1.54, 1.807) is 6.07 Å². The maximum atomic E-state index is 12.4. The molecule has 0 spiro atoms. The molecule has 1 fully saturated rings. The molecule has 0 bridgehead atoms. The van der Waals surface area contributed by atoms with Crippen LogP contribution >= 0.6 is 23.2 Å². The lowest BCUT2D eigenvalue weighted by Gasteiger charge is -2.18. The second-order valence-corrected chi connectivity index (χ2v) is 6.58. The normalized spacial score (nSPS) is 17.7. The van der Waals surface area contributed by atoms with Gasteiger partial charge in [0.25, 0.3) is 0 Å². The monoisotopic (exact) mass is 325 g/mol. The summed E-state index contributed by atoms with van der Waals surface area (Å²) < 4.78 is 1.89. The molecule has 1 saturated carbocycles. The Kier molecular flexibility index (Phi) is 3.84. The SMILES string of the molecule is CC(Cl)c1nc2c(Cl)cccc2n1C(C)C(=O)NC1CC1. The molecule has 2 aromatic rings. The zero-order valence-electron chi connectivity index (χ0n) is 11.9. The Morgan fingerprint density at radius 2 is 2.14 bits per heavy atom. The highest BCUT2D eigenvalue weighted by atomic mass is 35.5. The Hall–Kier alpha value is -1.26. The molecule has 0 saturated heterocycles. The van der Waals surface area contributed by atoms with Gasteiger partial charge >= 0.3 is 0 Å². The Balaban J connectivity index is 2.07. The number of halogens is 2. The first-order valence-corrected chi connectivity index (χ1v) is 7.91.